The molecule has 0 N–H and O–H groups in total. The molecule has 1 aliphatic carbocycles. The summed E-state index contributed by atoms with van der Waals surface area (Å²) in [4.78, 5) is 0. The van der Waals surface area contributed by atoms with Crippen molar-refractivity contribution in [2.24, 2.45) is 11.8 Å². The Labute approximate surface area is 61.6 Å². The van der Waals surface area contributed by atoms with E-state index in [0.29, 0.717) is 13.1 Å². The largest absolute Gasteiger partial charge is 0.255 e. The van der Waals surface area contributed by atoms with E-state index in [1.54, 1.807) is 0 Å². The van der Waals surface area contributed by atoms with Gasteiger partial charge < -0.3 is 0 Å². The summed E-state index contributed by atoms with van der Waals surface area (Å²) in [6.07, 6.45) is 3.49. The molecule has 0 bridgehead atoms. The standard InChI is InChI=1S/C7H13F.CH3F/c1-6-2-3-7(4-6)5-8;1-2/h6-7H,2-5H2,1H3;1H3. The minimum atomic E-state index is -0.0929. The maximum absolute atomic E-state index is 11.9. The minimum Gasteiger partial charge on any atom is -0.255 e. The van der Waals surface area contributed by atoms with E-state index in [-0.39, 0.29) is 6.67 Å². The van der Waals surface area contributed by atoms with Gasteiger partial charge in [-0.1, -0.05) is 13.3 Å². The van der Waals surface area contributed by atoms with Gasteiger partial charge in [0.15, 0.2) is 0 Å². The Hall–Kier alpha value is -0.140. The Bertz CT molecular complexity index is 73.7. The summed E-state index contributed by atoms with van der Waals surface area (Å²) in [5.41, 5.74) is 0. The summed E-state index contributed by atoms with van der Waals surface area (Å²) < 4.78 is 21.4. The van der Waals surface area contributed by atoms with Crippen molar-refractivity contribution in [3.05, 3.63) is 0 Å². The normalized spacial score (nSPS) is 31.2. The number of hydrogen-bond acceptors (Lipinski definition) is 0. The first kappa shape index (κ1) is 9.86. The van der Waals surface area contributed by atoms with Crippen LogP contribution in [-0.4, -0.2) is 13.9 Å². The molecule has 1 aliphatic rings. The Kier molecular flexibility index (Phi) is 5.55. The first-order valence-electron chi connectivity index (χ1n) is 3.76. The van der Waals surface area contributed by atoms with Crippen molar-refractivity contribution >= 4 is 0 Å². The zero-order valence-electron chi connectivity index (χ0n) is 6.74. The second-order valence-electron chi connectivity index (χ2n) is 2.94. The third-order valence-electron chi connectivity index (χ3n) is 2.02. The third-order valence-corrected chi connectivity index (χ3v) is 2.02. The molecule has 2 unspecified atom stereocenters. The molecular weight excluding hydrogens is 134 g/mol. The van der Waals surface area contributed by atoms with Crippen molar-refractivity contribution in [2.45, 2.75) is 26.2 Å². The van der Waals surface area contributed by atoms with Crippen molar-refractivity contribution in [3.8, 4) is 0 Å². The quantitative estimate of drug-likeness (QED) is 0.539. The summed E-state index contributed by atoms with van der Waals surface area (Å²) in [7, 11) is 0.500. The van der Waals surface area contributed by atoms with Gasteiger partial charge in [0.05, 0.1) is 13.9 Å². The molecule has 0 radical (unpaired) electrons. The van der Waals surface area contributed by atoms with Crippen LogP contribution < -0.4 is 0 Å². The summed E-state index contributed by atoms with van der Waals surface area (Å²) in [5.74, 6) is 1.20. The van der Waals surface area contributed by atoms with Crippen LogP contribution in [0.5, 0.6) is 0 Å². The topological polar surface area (TPSA) is 0 Å². The highest BCUT2D eigenvalue weighted by molar-refractivity contribution is 4.71. The van der Waals surface area contributed by atoms with E-state index in [0.717, 1.165) is 18.8 Å². The van der Waals surface area contributed by atoms with E-state index in [9.17, 15) is 8.78 Å². The average Bonchev–Trinajstić information content (AvgIpc) is 2.40. The van der Waals surface area contributed by atoms with E-state index in [4.69, 9.17) is 0 Å². The lowest BCUT2D eigenvalue weighted by atomic mass is 10.1. The average molecular weight is 150 g/mol. The number of hydrogen-bond donors (Lipinski definition) is 0. The van der Waals surface area contributed by atoms with Crippen LogP contribution in [-0.2, 0) is 0 Å². The van der Waals surface area contributed by atoms with E-state index < -0.39 is 0 Å². The predicted molar refractivity (Wildman–Crippen MR) is 39.5 cm³/mol. The molecule has 0 aromatic rings. The first-order valence-corrected chi connectivity index (χ1v) is 3.76. The van der Waals surface area contributed by atoms with Crippen molar-refractivity contribution < 1.29 is 8.78 Å². The summed E-state index contributed by atoms with van der Waals surface area (Å²) >= 11 is 0. The maximum Gasteiger partial charge on any atom is 0.0922 e. The van der Waals surface area contributed by atoms with Gasteiger partial charge in [0.1, 0.15) is 0 Å². The van der Waals surface area contributed by atoms with Gasteiger partial charge in [0, 0.05) is 0 Å². The summed E-state index contributed by atoms with van der Waals surface area (Å²) in [6, 6.07) is 0. The molecule has 0 nitrogen and oxygen atoms in total. The highest BCUT2D eigenvalue weighted by Crippen LogP contribution is 2.30. The SMILES string of the molecule is CC1CCC(CF)C1.CF. The summed E-state index contributed by atoms with van der Waals surface area (Å²) in [6.45, 7) is 2.11. The molecular formula is C8H16F2. The molecule has 0 saturated heterocycles. The molecule has 62 valence electrons. The van der Waals surface area contributed by atoms with Gasteiger partial charge in [0.2, 0.25) is 0 Å². The fourth-order valence-electron chi connectivity index (χ4n) is 1.47. The Morgan fingerprint density at radius 1 is 1.30 bits per heavy atom. The lowest BCUT2D eigenvalue weighted by Crippen LogP contribution is -1.94. The molecule has 2 atom stereocenters. The minimum absolute atomic E-state index is 0.0929. The van der Waals surface area contributed by atoms with Crippen LogP contribution >= 0.6 is 0 Å². The molecule has 0 spiro atoms. The van der Waals surface area contributed by atoms with Crippen LogP contribution in [0.1, 0.15) is 26.2 Å². The van der Waals surface area contributed by atoms with Crippen molar-refractivity contribution in [3.63, 3.8) is 0 Å². The number of halogens is 2. The zero-order chi connectivity index (χ0) is 7.98. The monoisotopic (exact) mass is 150 g/mol. The fraction of sp³-hybridized carbons (Fsp3) is 1.00. The third kappa shape index (κ3) is 3.14. The van der Waals surface area contributed by atoms with Crippen molar-refractivity contribution in [1.82, 2.24) is 0 Å². The van der Waals surface area contributed by atoms with E-state index in [2.05, 4.69) is 6.92 Å². The van der Waals surface area contributed by atoms with Gasteiger partial charge in [-0.05, 0) is 24.7 Å². The van der Waals surface area contributed by atoms with Gasteiger partial charge in [0.25, 0.3) is 0 Å². The Morgan fingerprint density at radius 3 is 2.10 bits per heavy atom. The van der Waals surface area contributed by atoms with Gasteiger partial charge in [-0.2, -0.15) is 0 Å². The number of alkyl halides is 2. The van der Waals surface area contributed by atoms with Crippen LogP contribution in [0.3, 0.4) is 0 Å². The molecule has 1 rings (SSSR count). The smallest absolute Gasteiger partial charge is 0.0922 e. The van der Waals surface area contributed by atoms with E-state index in [1.165, 1.54) is 6.42 Å². The molecule has 1 fully saturated rings. The molecule has 0 heterocycles. The van der Waals surface area contributed by atoms with E-state index in [1.807, 2.05) is 0 Å². The highest BCUT2D eigenvalue weighted by Gasteiger charge is 2.20. The van der Waals surface area contributed by atoms with Crippen LogP contribution in [0.2, 0.25) is 0 Å². The number of rotatable bonds is 1. The lowest BCUT2D eigenvalue weighted by molar-refractivity contribution is 0.360. The molecule has 2 heteroatoms. The lowest BCUT2D eigenvalue weighted by Gasteiger charge is -1.99. The molecule has 0 aliphatic heterocycles. The van der Waals surface area contributed by atoms with Crippen LogP contribution in [0.25, 0.3) is 0 Å². The summed E-state index contributed by atoms with van der Waals surface area (Å²) in [5, 5.41) is 0. The molecule has 0 aromatic heterocycles. The van der Waals surface area contributed by atoms with Crippen molar-refractivity contribution in [1.29, 1.82) is 0 Å². The predicted octanol–water partition coefficient (Wildman–Crippen LogP) is 2.98. The Morgan fingerprint density at radius 2 is 1.90 bits per heavy atom. The molecule has 0 amide bonds. The Balaban J connectivity index is 0.000000371. The second kappa shape index (κ2) is 5.63. The van der Waals surface area contributed by atoms with E-state index >= 15 is 0 Å². The second-order valence-corrected chi connectivity index (χ2v) is 2.94. The van der Waals surface area contributed by atoms with Crippen molar-refractivity contribution in [2.75, 3.05) is 13.9 Å². The van der Waals surface area contributed by atoms with Gasteiger partial charge in [-0.25, -0.2) is 0 Å². The van der Waals surface area contributed by atoms with Crippen LogP contribution in [0.15, 0.2) is 0 Å². The molecule has 10 heavy (non-hydrogen) atoms. The molecule has 1 saturated carbocycles. The van der Waals surface area contributed by atoms with Gasteiger partial charge >= 0.3 is 0 Å². The zero-order valence-corrected chi connectivity index (χ0v) is 6.74. The van der Waals surface area contributed by atoms with Gasteiger partial charge in [-0.15, -0.1) is 0 Å². The van der Waals surface area contributed by atoms with Crippen LogP contribution in [0, 0.1) is 11.8 Å². The highest BCUT2D eigenvalue weighted by atomic mass is 19.1. The fourth-order valence-corrected chi connectivity index (χ4v) is 1.47. The van der Waals surface area contributed by atoms with Gasteiger partial charge in [-0.3, -0.25) is 8.78 Å². The molecule has 0 aromatic carbocycles. The first-order chi connectivity index (χ1) is 4.83. The van der Waals surface area contributed by atoms with Crippen LogP contribution in [0.4, 0.5) is 8.78 Å². The maximum atomic E-state index is 11.9.